The first kappa shape index (κ1) is 30.7. The number of phenolic OH excluding ortho intramolecular Hbond substituents is 2. The monoisotopic (exact) mass is 590 g/mol. The Bertz CT molecular complexity index is 1860. The SMILES string of the molecule is CC(C)(C)CC(C)(C)c1ccc(O)c(-n2nc3ccccc3n2)c1.CC(C)(C)c1ccc(O)c(-n2nc3ccccc3n2)c1. The average molecular weight is 591 g/mol. The van der Waals surface area contributed by atoms with Gasteiger partial charge in [-0.25, -0.2) is 0 Å². The van der Waals surface area contributed by atoms with Crippen LogP contribution in [0.2, 0.25) is 0 Å². The molecule has 0 aliphatic rings. The first-order chi connectivity index (χ1) is 20.6. The van der Waals surface area contributed by atoms with Gasteiger partial charge in [0.2, 0.25) is 0 Å². The van der Waals surface area contributed by atoms with Crippen molar-refractivity contribution in [2.24, 2.45) is 5.41 Å². The third-order valence-corrected chi connectivity index (χ3v) is 7.57. The van der Waals surface area contributed by atoms with Gasteiger partial charge in [-0.3, -0.25) is 0 Å². The minimum absolute atomic E-state index is 0.00667. The predicted molar refractivity (Wildman–Crippen MR) is 177 cm³/mol. The van der Waals surface area contributed by atoms with Crippen molar-refractivity contribution in [3.63, 3.8) is 0 Å². The minimum atomic E-state index is -0.00667. The molecule has 2 N–H and O–H groups in total. The summed E-state index contributed by atoms with van der Waals surface area (Å²) in [6.07, 6.45) is 1.04. The first-order valence-electron chi connectivity index (χ1n) is 14.9. The van der Waals surface area contributed by atoms with E-state index in [2.05, 4.69) is 75.8 Å². The lowest BCUT2D eigenvalue weighted by atomic mass is 9.72. The maximum atomic E-state index is 10.3. The molecule has 0 fully saturated rings. The fourth-order valence-corrected chi connectivity index (χ4v) is 5.62. The van der Waals surface area contributed by atoms with Crippen molar-refractivity contribution >= 4 is 22.1 Å². The summed E-state index contributed by atoms with van der Waals surface area (Å²) >= 11 is 0. The Morgan fingerprint density at radius 1 is 0.523 bits per heavy atom. The number of aromatic nitrogens is 6. The molecule has 44 heavy (non-hydrogen) atoms. The zero-order valence-electron chi connectivity index (χ0n) is 26.9. The third-order valence-electron chi connectivity index (χ3n) is 7.57. The molecule has 0 radical (unpaired) electrons. The zero-order chi connectivity index (χ0) is 31.9. The van der Waals surface area contributed by atoms with E-state index >= 15 is 0 Å². The molecule has 4 aromatic carbocycles. The summed E-state index contributed by atoms with van der Waals surface area (Å²) in [5.74, 6) is 0.365. The van der Waals surface area contributed by atoms with E-state index < -0.39 is 0 Å². The molecule has 228 valence electrons. The zero-order valence-corrected chi connectivity index (χ0v) is 26.9. The summed E-state index contributed by atoms with van der Waals surface area (Å²) in [6.45, 7) is 17.6. The Morgan fingerprint density at radius 3 is 1.25 bits per heavy atom. The fourth-order valence-electron chi connectivity index (χ4n) is 5.62. The van der Waals surface area contributed by atoms with Crippen molar-refractivity contribution in [3.8, 4) is 22.9 Å². The van der Waals surface area contributed by atoms with Crippen LogP contribution >= 0.6 is 0 Å². The van der Waals surface area contributed by atoms with Crippen LogP contribution in [-0.2, 0) is 10.8 Å². The van der Waals surface area contributed by atoms with E-state index in [0.717, 1.165) is 34.1 Å². The number of hydrogen-bond donors (Lipinski definition) is 2. The van der Waals surface area contributed by atoms with Gasteiger partial charge in [0.05, 0.1) is 0 Å². The van der Waals surface area contributed by atoms with Crippen LogP contribution in [0.5, 0.6) is 11.5 Å². The largest absolute Gasteiger partial charge is 0.506 e. The van der Waals surface area contributed by atoms with Crippen molar-refractivity contribution in [3.05, 3.63) is 96.1 Å². The smallest absolute Gasteiger partial charge is 0.143 e. The molecule has 0 aliphatic heterocycles. The van der Waals surface area contributed by atoms with Crippen LogP contribution in [0.3, 0.4) is 0 Å². The van der Waals surface area contributed by atoms with E-state index in [4.69, 9.17) is 0 Å². The maximum Gasteiger partial charge on any atom is 0.143 e. The summed E-state index contributed by atoms with van der Waals surface area (Å²) in [6, 6.07) is 26.7. The number of nitrogens with zero attached hydrogens (tertiary/aromatic N) is 6. The molecule has 0 saturated carbocycles. The van der Waals surface area contributed by atoms with E-state index in [1.54, 1.807) is 12.1 Å². The van der Waals surface area contributed by atoms with Gasteiger partial charge < -0.3 is 10.2 Å². The number of aromatic hydroxyl groups is 2. The molecule has 0 aliphatic carbocycles. The van der Waals surface area contributed by atoms with Gasteiger partial charge in [0.1, 0.15) is 44.9 Å². The van der Waals surface area contributed by atoms with Crippen molar-refractivity contribution in [1.82, 2.24) is 30.0 Å². The quantitative estimate of drug-likeness (QED) is 0.214. The highest BCUT2D eigenvalue weighted by molar-refractivity contribution is 5.74. The van der Waals surface area contributed by atoms with Crippen LogP contribution in [0.15, 0.2) is 84.9 Å². The van der Waals surface area contributed by atoms with Crippen molar-refractivity contribution in [1.29, 1.82) is 0 Å². The van der Waals surface area contributed by atoms with Crippen LogP contribution in [0.1, 0.15) is 72.9 Å². The Morgan fingerprint density at radius 2 is 0.886 bits per heavy atom. The normalized spacial score (nSPS) is 12.4. The Labute approximate surface area is 259 Å². The molecule has 0 unspecified atom stereocenters. The van der Waals surface area contributed by atoms with Gasteiger partial charge in [-0.05, 0) is 82.3 Å². The van der Waals surface area contributed by atoms with Gasteiger partial charge in [0.25, 0.3) is 0 Å². The standard InChI is InChI=1S/C20H25N3O.C16H17N3O/c1-19(2,3)13-20(4,5)14-10-11-18(24)17(12-14)23-21-15-8-6-7-9-16(15)22-23;1-16(2,3)11-8-9-15(20)14(10-11)19-17-12-6-4-5-7-13(12)18-19/h6-12,24H,13H2,1-5H3;4-10,20H,1-3H3. The van der Waals surface area contributed by atoms with Crippen molar-refractivity contribution in [2.45, 2.75) is 72.6 Å². The summed E-state index contributed by atoms with van der Waals surface area (Å²) in [7, 11) is 0. The summed E-state index contributed by atoms with van der Waals surface area (Å²) in [5, 5.41) is 38.2. The van der Waals surface area contributed by atoms with Crippen LogP contribution in [0.4, 0.5) is 0 Å². The van der Waals surface area contributed by atoms with Crippen LogP contribution in [-0.4, -0.2) is 40.2 Å². The van der Waals surface area contributed by atoms with Gasteiger partial charge in [0, 0.05) is 0 Å². The molecule has 0 saturated heterocycles. The second-order valence-electron chi connectivity index (χ2n) is 14.2. The number of phenols is 2. The molecule has 0 atom stereocenters. The molecular weight excluding hydrogens is 548 g/mol. The van der Waals surface area contributed by atoms with E-state index in [-0.39, 0.29) is 27.7 Å². The second kappa shape index (κ2) is 11.4. The molecule has 2 aromatic heterocycles. The lowest BCUT2D eigenvalue weighted by molar-refractivity contribution is 0.284. The van der Waals surface area contributed by atoms with Gasteiger partial charge >= 0.3 is 0 Å². The van der Waals surface area contributed by atoms with Crippen molar-refractivity contribution < 1.29 is 10.2 Å². The lowest BCUT2D eigenvalue weighted by Gasteiger charge is -2.33. The molecule has 6 rings (SSSR count). The van der Waals surface area contributed by atoms with Crippen LogP contribution < -0.4 is 0 Å². The fraction of sp³-hybridized carbons (Fsp3) is 0.333. The molecule has 6 aromatic rings. The van der Waals surface area contributed by atoms with Crippen LogP contribution in [0, 0.1) is 5.41 Å². The first-order valence-corrected chi connectivity index (χ1v) is 14.9. The molecule has 8 heteroatoms. The molecule has 0 bridgehead atoms. The Hall–Kier alpha value is -4.72. The van der Waals surface area contributed by atoms with Gasteiger partial charge in [-0.15, -0.1) is 30.0 Å². The number of benzene rings is 4. The minimum Gasteiger partial charge on any atom is -0.506 e. The number of hydrogen-bond acceptors (Lipinski definition) is 6. The van der Waals surface area contributed by atoms with E-state index in [9.17, 15) is 10.2 Å². The van der Waals surface area contributed by atoms with E-state index in [1.165, 1.54) is 15.2 Å². The highest BCUT2D eigenvalue weighted by Crippen LogP contribution is 2.38. The summed E-state index contributed by atoms with van der Waals surface area (Å²) in [5.41, 5.74) is 7.01. The maximum absolute atomic E-state index is 10.3. The van der Waals surface area contributed by atoms with Crippen molar-refractivity contribution in [2.75, 3.05) is 0 Å². The third kappa shape index (κ3) is 6.75. The van der Waals surface area contributed by atoms with Crippen LogP contribution in [0.25, 0.3) is 33.4 Å². The molecule has 0 spiro atoms. The highest BCUT2D eigenvalue weighted by atomic mass is 16.3. The topological polar surface area (TPSA) is 102 Å². The predicted octanol–water partition coefficient (Wildman–Crippen LogP) is 8.26. The molecular formula is C36H42N6O2. The van der Waals surface area contributed by atoms with E-state index in [0.29, 0.717) is 11.4 Å². The molecule has 0 amide bonds. The summed E-state index contributed by atoms with van der Waals surface area (Å²) < 4.78 is 0. The number of fused-ring (bicyclic) bond motifs is 2. The Balaban J connectivity index is 0.000000177. The highest BCUT2D eigenvalue weighted by Gasteiger charge is 2.28. The molecule has 8 nitrogen and oxygen atoms in total. The Kier molecular flexibility index (Phi) is 7.97. The van der Waals surface area contributed by atoms with Gasteiger partial charge in [-0.1, -0.05) is 91.8 Å². The van der Waals surface area contributed by atoms with E-state index in [1.807, 2.05) is 72.8 Å². The summed E-state index contributed by atoms with van der Waals surface area (Å²) in [4.78, 5) is 3.02. The lowest BCUT2D eigenvalue weighted by Crippen LogP contribution is -2.25. The molecule has 2 heterocycles. The van der Waals surface area contributed by atoms with Gasteiger partial charge in [-0.2, -0.15) is 0 Å². The number of rotatable bonds is 4. The van der Waals surface area contributed by atoms with Gasteiger partial charge in [0.15, 0.2) is 0 Å². The average Bonchev–Trinajstić information content (AvgIpc) is 3.56. The second-order valence-corrected chi connectivity index (χ2v) is 14.2.